The molecule has 15 heteroatoms. The third-order valence-electron chi connectivity index (χ3n) is 5.86. The van der Waals surface area contributed by atoms with Crippen LogP contribution in [0.4, 0.5) is 29.5 Å². The van der Waals surface area contributed by atoms with E-state index >= 15 is 0 Å². The second kappa shape index (κ2) is 9.79. The Balaban J connectivity index is 1.51. The van der Waals surface area contributed by atoms with Crippen LogP contribution in [0.2, 0.25) is 0 Å². The van der Waals surface area contributed by atoms with E-state index in [9.17, 15) is 31.2 Å². The van der Waals surface area contributed by atoms with Gasteiger partial charge >= 0.3 is 22.6 Å². The molecule has 0 atom stereocenters. The molecule has 1 aromatic heterocycles. The van der Waals surface area contributed by atoms with Crippen molar-refractivity contribution in [1.29, 1.82) is 0 Å². The summed E-state index contributed by atoms with van der Waals surface area (Å²) in [6, 6.07) is 6.72. The predicted molar refractivity (Wildman–Crippen MR) is 125 cm³/mol. The van der Waals surface area contributed by atoms with E-state index in [0.29, 0.717) is 5.56 Å². The van der Waals surface area contributed by atoms with Crippen LogP contribution in [0.5, 0.6) is 5.75 Å². The van der Waals surface area contributed by atoms with Gasteiger partial charge in [-0.2, -0.15) is 12.7 Å². The number of rotatable bonds is 7. The molecule has 3 amide bonds. The fourth-order valence-electron chi connectivity index (χ4n) is 3.92. The van der Waals surface area contributed by atoms with Gasteiger partial charge in [-0.25, -0.2) is 14.7 Å². The highest BCUT2D eigenvalue weighted by atomic mass is 32.2. The number of urea groups is 1. The van der Waals surface area contributed by atoms with Gasteiger partial charge in [0.2, 0.25) is 0 Å². The van der Waals surface area contributed by atoms with Crippen molar-refractivity contribution in [1.82, 2.24) is 14.2 Å². The third-order valence-corrected chi connectivity index (χ3v) is 7.37. The first-order valence-corrected chi connectivity index (χ1v) is 12.5. The first-order chi connectivity index (χ1) is 17.3. The molecule has 3 heterocycles. The second-order valence-electron chi connectivity index (χ2n) is 8.78. The summed E-state index contributed by atoms with van der Waals surface area (Å²) in [7, 11) is -3.87. The lowest BCUT2D eigenvalue weighted by Gasteiger charge is -2.28. The van der Waals surface area contributed by atoms with E-state index < -0.39 is 39.8 Å². The van der Waals surface area contributed by atoms with Gasteiger partial charge in [0.1, 0.15) is 17.1 Å². The van der Waals surface area contributed by atoms with Gasteiger partial charge in [-0.1, -0.05) is 0 Å². The molecule has 2 aliphatic rings. The monoisotopic (exact) mass is 543 g/mol. The molecular formula is C22H24F3N5O6S. The van der Waals surface area contributed by atoms with Crippen LogP contribution in [0.3, 0.4) is 0 Å². The van der Waals surface area contributed by atoms with Gasteiger partial charge in [0.15, 0.2) is 0 Å². The van der Waals surface area contributed by atoms with Gasteiger partial charge in [0.25, 0.3) is 5.91 Å². The van der Waals surface area contributed by atoms with Crippen LogP contribution < -0.4 is 14.4 Å². The Morgan fingerprint density at radius 3 is 2.38 bits per heavy atom. The minimum absolute atomic E-state index is 0.0388. The van der Waals surface area contributed by atoms with Gasteiger partial charge in [-0.3, -0.25) is 9.52 Å². The molecule has 0 radical (unpaired) electrons. The maximum Gasteiger partial charge on any atom is 0.573 e. The predicted octanol–water partition coefficient (Wildman–Crippen LogP) is 2.72. The molecule has 0 unspecified atom stereocenters. The Labute approximate surface area is 210 Å². The quantitative estimate of drug-likeness (QED) is 0.533. The Morgan fingerprint density at radius 2 is 1.76 bits per heavy atom. The lowest BCUT2D eigenvalue weighted by Crippen LogP contribution is -2.44. The number of carbonyl (C=O) groups is 2. The van der Waals surface area contributed by atoms with Gasteiger partial charge in [0, 0.05) is 25.8 Å². The van der Waals surface area contributed by atoms with E-state index in [1.165, 1.54) is 47.4 Å². The molecule has 1 aromatic carbocycles. The van der Waals surface area contributed by atoms with Crippen LogP contribution in [0.1, 0.15) is 19.4 Å². The van der Waals surface area contributed by atoms with Crippen molar-refractivity contribution in [3.63, 3.8) is 0 Å². The Kier molecular flexibility index (Phi) is 7.05. The molecule has 0 aliphatic carbocycles. The number of halogens is 3. The number of nitrogens with zero attached hydrogens (tertiary/aromatic N) is 4. The molecule has 37 heavy (non-hydrogen) atoms. The lowest BCUT2D eigenvalue weighted by atomic mass is 10.0. The number of carbonyl (C=O) groups excluding carboxylic acids is 2. The molecule has 0 saturated carbocycles. The maximum absolute atomic E-state index is 13.2. The maximum atomic E-state index is 13.2. The molecular weight excluding hydrogens is 519 g/mol. The number of benzene rings is 1. The van der Waals surface area contributed by atoms with Crippen LogP contribution in [0.15, 0.2) is 42.6 Å². The largest absolute Gasteiger partial charge is 0.573 e. The highest BCUT2D eigenvalue weighted by molar-refractivity contribution is 7.90. The number of amides is 3. The van der Waals surface area contributed by atoms with Crippen molar-refractivity contribution in [3.8, 4) is 5.75 Å². The summed E-state index contributed by atoms with van der Waals surface area (Å²) in [6.45, 7) is 3.99. The molecule has 2 aromatic rings. The van der Waals surface area contributed by atoms with Crippen LogP contribution in [-0.2, 0) is 26.3 Å². The van der Waals surface area contributed by atoms with Crippen LogP contribution in [-0.4, -0.2) is 72.7 Å². The SMILES string of the molecule is CC1(C)C(=O)N(c2ccc(OC(F)(F)F)cc2)C(=O)N1Cc1ccnc(NS(=O)(=O)N2CCOCC2)c1. The molecule has 11 nitrogen and oxygen atoms in total. The van der Waals surface area contributed by atoms with E-state index in [2.05, 4.69) is 14.4 Å². The van der Waals surface area contributed by atoms with Gasteiger partial charge in [-0.15, -0.1) is 13.2 Å². The number of anilines is 2. The fraction of sp³-hybridized carbons (Fsp3) is 0.409. The Bertz CT molecular complexity index is 1280. The standard InChI is InChI=1S/C22H24F3N5O6S/c1-21(2)19(31)30(16-3-5-17(6-4-16)36-22(23,24)25)20(32)29(21)14-15-7-8-26-18(13-15)27-37(33,34)28-9-11-35-12-10-28/h3-8,13H,9-12,14H2,1-2H3,(H,26,27). The molecule has 200 valence electrons. The van der Waals surface area contributed by atoms with Gasteiger partial charge in [-0.05, 0) is 55.8 Å². The van der Waals surface area contributed by atoms with Crippen molar-refractivity contribution < 1.29 is 40.7 Å². The highest BCUT2D eigenvalue weighted by Crippen LogP contribution is 2.34. The number of ether oxygens (including phenoxy) is 2. The normalized spacial score (nSPS) is 18.8. The second-order valence-corrected chi connectivity index (χ2v) is 10.4. The zero-order chi connectivity index (χ0) is 27.0. The number of aromatic nitrogens is 1. The Morgan fingerprint density at radius 1 is 1.11 bits per heavy atom. The fourth-order valence-corrected chi connectivity index (χ4v) is 5.06. The third kappa shape index (κ3) is 5.78. The molecule has 1 N–H and O–H groups in total. The first-order valence-electron chi connectivity index (χ1n) is 11.1. The smallest absolute Gasteiger partial charge is 0.406 e. The summed E-state index contributed by atoms with van der Waals surface area (Å²) >= 11 is 0. The number of hydrogen-bond donors (Lipinski definition) is 1. The summed E-state index contributed by atoms with van der Waals surface area (Å²) in [5.74, 6) is -1.03. The Hall–Kier alpha value is -3.43. The minimum atomic E-state index is -4.88. The van der Waals surface area contributed by atoms with Gasteiger partial charge < -0.3 is 14.4 Å². The molecule has 2 saturated heterocycles. The number of pyridine rings is 1. The average Bonchev–Trinajstić information content (AvgIpc) is 2.98. The van der Waals surface area contributed by atoms with Crippen molar-refractivity contribution in [2.45, 2.75) is 32.3 Å². The molecule has 0 spiro atoms. The molecule has 4 rings (SSSR count). The number of nitrogens with one attached hydrogen (secondary N) is 1. The molecule has 0 bridgehead atoms. The van der Waals surface area contributed by atoms with Crippen molar-refractivity contribution in [3.05, 3.63) is 48.2 Å². The van der Waals surface area contributed by atoms with Crippen LogP contribution in [0.25, 0.3) is 0 Å². The zero-order valence-corrected chi connectivity index (χ0v) is 20.7. The number of alkyl halides is 3. The lowest BCUT2D eigenvalue weighted by molar-refractivity contribution is -0.274. The van der Waals surface area contributed by atoms with Crippen LogP contribution in [0, 0.1) is 0 Å². The van der Waals surface area contributed by atoms with Crippen molar-refractivity contribution in [2.24, 2.45) is 0 Å². The molecule has 2 fully saturated rings. The number of morpholine rings is 1. The number of hydrogen-bond acceptors (Lipinski definition) is 7. The van der Waals surface area contributed by atoms with E-state index in [1.54, 1.807) is 6.07 Å². The summed E-state index contributed by atoms with van der Waals surface area (Å²) in [6.07, 6.45) is -3.50. The highest BCUT2D eigenvalue weighted by Gasteiger charge is 2.51. The summed E-state index contributed by atoms with van der Waals surface area (Å²) in [4.78, 5) is 32.6. The molecule has 2 aliphatic heterocycles. The first kappa shape index (κ1) is 26.6. The number of imide groups is 1. The minimum Gasteiger partial charge on any atom is -0.406 e. The van der Waals surface area contributed by atoms with E-state index in [1.807, 2.05) is 0 Å². The van der Waals surface area contributed by atoms with Gasteiger partial charge in [0.05, 0.1) is 18.9 Å². The van der Waals surface area contributed by atoms with Crippen molar-refractivity contribution in [2.75, 3.05) is 35.9 Å². The zero-order valence-electron chi connectivity index (χ0n) is 19.9. The summed E-state index contributed by atoms with van der Waals surface area (Å²) in [5, 5.41) is 0. The van der Waals surface area contributed by atoms with Crippen molar-refractivity contribution >= 4 is 33.7 Å². The van der Waals surface area contributed by atoms with Crippen LogP contribution >= 0.6 is 0 Å². The van der Waals surface area contributed by atoms with E-state index in [-0.39, 0.29) is 44.4 Å². The topological polar surface area (TPSA) is 121 Å². The summed E-state index contributed by atoms with van der Waals surface area (Å²) in [5.41, 5.74) is -0.719. The summed E-state index contributed by atoms with van der Waals surface area (Å²) < 4.78 is 75.3. The van der Waals surface area contributed by atoms with E-state index in [4.69, 9.17) is 4.74 Å². The average molecular weight is 544 g/mol. The van der Waals surface area contributed by atoms with E-state index in [0.717, 1.165) is 17.0 Å².